The molecule has 1 aromatic carbocycles. The Morgan fingerprint density at radius 1 is 1.26 bits per heavy atom. The first-order valence-electron chi connectivity index (χ1n) is 7.82. The van der Waals surface area contributed by atoms with Gasteiger partial charge in [-0.3, -0.25) is 4.79 Å². The van der Waals surface area contributed by atoms with E-state index in [0.717, 1.165) is 47.6 Å². The van der Waals surface area contributed by atoms with Crippen LogP contribution in [0.4, 0.5) is 0 Å². The molecule has 1 N–H and O–H groups in total. The van der Waals surface area contributed by atoms with E-state index in [1.807, 2.05) is 36.2 Å². The number of carbonyl (C=O) groups excluding carboxylic acids is 1. The Kier molecular flexibility index (Phi) is 4.28. The number of amides is 1. The third-order valence-electron chi connectivity index (χ3n) is 4.49. The SMILES string of the molecule is COc1ccc(OC)c([C@H]2CCCN2C(=O)c2c[nH]cc2C)c1. The van der Waals surface area contributed by atoms with Crippen LogP contribution in [0.5, 0.6) is 11.5 Å². The summed E-state index contributed by atoms with van der Waals surface area (Å²) in [6.07, 6.45) is 5.54. The highest BCUT2D eigenvalue weighted by Gasteiger charge is 2.33. The van der Waals surface area contributed by atoms with Gasteiger partial charge in [-0.15, -0.1) is 0 Å². The summed E-state index contributed by atoms with van der Waals surface area (Å²) in [5.41, 5.74) is 2.71. The fourth-order valence-electron chi connectivity index (χ4n) is 3.26. The number of nitrogens with zero attached hydrogens (tertiary/aromatic N) is 1. The lowest BCUT2D eigenvalue weighted by atomic mass is 10.0. The van der Waals surface area contributed by atoms with Crippen molar-refractivity contribution in [1.29, 1.82) is 0 Å². The highest BCUT2D eigenvalue weighted by atomic mass is 16.5. The number of methoxy groups -OCH3 is 2. The zero-order chi connectivity index (χ0) is 16.4. The zero-order valence-electron chi connectivity index (χ0n) is 13.8. The number of H-pyrrole nitrogens is 1. The largest absolute Gasteiger partial charge is 0.497 e. The summed E-state index contributed by atoms with van der Waals surface area (Å²) in [5.74, 6) is 1.63. The predicted octanol–water partition coefficient (Wildman–Crippen LogP) is 3.32. The Bertz CT molecular complexity index is 708. The molecule has 0 aliphatic carbocycles. The number of hydrogen-bond acceptors (Lipinski definition) is 3. The van der Waals surface area contributed by atoms with Crippen molar-refractivity contribution >= 4 is 5.91 Å². The van der Waals surface area contributed by atoms with Crippen molar-refractivity contribution in [3.05, 3.63) is 47.3 Å². The van der Waals surface area contributed by atoms with Gasteiger partial charge in [-0.1, -0.05) is 0 Å². The number of aromatic nitrogens is 1. The molecule has 1 fully saturated rings. The summed E-state index contributed by atoms with van der Waals surface area (Å²) >= 11 is 0. The number of aromatic amines is 1. The molecular formula is C18H22N2O3. The summed E-state index contributed by atoms with van der Waals surface area (Å²) in [6.45, 7) is 2.70. The molecule has 0 radical (unpaired) electrons. The average molecular weight is 314 g/mol. The summed E-state index contributed by atoms with van der Waals surface area (Å²) in [7, 11) is 3.30. The molecule has 1 aliphatic rings. The Morgan fingerprint density at radius 3 is 2.74 bits per heavy atom. The number of carbonyl (C=O) groups is 1. The van der Waals surface area contributed by atoms with Crippen LogP contribution in [0, 0.1) is 6.92 Å². The Hall–Kier alpha value is -2.43. The number of rotatable bonds is 4. The van der Waals surface area contributed by atoms with E-state index < -0.39 is 0 Å². The van der Waals surface area contributed by atoms with E-state index in [1.165, 1.54) is 0 Å². The Morgan fingerprint density at radius 2 is 2.09 bits per heavy atom. The van der Waals surface area contributed by atoms with Gasteiger partial charge in [0.25, 0.3) is 5.91 Å². The molecule has 0 spiro atoms. The Balaban J connectivity index is 1.96. The molecule has 1 amide bonds. The second-order valence-electron chi connectivity index (χ2n) is 5.82. The number of likely N-dealkylation sites (tertiary alicyclic amines) is 1. The first-order chi connectivity index (χ1) is 11.2. The van der Waals surface area contributed by atoms with Gasteiger partial charge in [-0.25, -0.2) is 0 Å². The second-order valence-corrected chi connectivity index (χ2v) is 5.82. The van der Waals surface area contributed by atoms with E-state index in [2.05, 4.69) is 4.98 Å². The first-order valence-corrected chi connectivity index (χ1v) is 7.82. The minimum atomic E-state index is 0.0156. The van der Waals surface area contributed by atoms with Gasteiger partial charge in [-0.2, -0.15) is 0 Å². The third-order valence-corrected chi connectivity index (χ3v) is 4.49. The monoisotopic (exact) mass is 314 g/mol. The standard InChI is InChI=1S/C18H22N2O3/c1-12-10-19-11-15(12)18(21)20-8-4-5-16(20)14-9-13(22-2)6-7-17(14)23-3/h6-7,9-11,16,19H,4-5,8H2,1-3H3/t16-/m1/s1. The van der Waals surface area contributed by atoms with E-state index in [9.17, 15) is 4.79 Å². The molecule has 1 aliphatic heterocycles. The summed E-state index contributed by atoms with van der Waals surface area (Å²) in [6, 6.07) is 5.76. The molecule has 2 heterocycles. The molecule has 23 heavy (non-hydrogen) atoms. The molecule has 122 valence electrons. The molecule has 5 nitrogen and oxygen atoms in total. The Labute approximate surface area is 136 Å². The van der Waals surface area contributed by atoms with Crippen LogP contribution in [0.2, 0.25) is 0 Å². The maximum Gasteiger partial charge on any atom is 0.256 e. The summed E-state index contributed by atoms with van der Waals surface area (Å²) < 4.78 is 10.8. The molecule has 2 aromatic rings. The molecule has 1 atom stereocenters. The molecule has 0 unspecified atom stereocenters. The molecule has 1 aromatic heterocycles. The van der Waals surface area contributed by atoms with Crippen molar-refractivity contribution in [2.75, 3.05) is 20.8 Å². The highest BCUT2D eigenvalue weighted by Crippen LogP contribution is 2.39. The minimum Gasteiger partial charge on any atom is -0.497 e. The van der Waals surface area contributed by atoms with Crippen molar-refractivity contribution in [2.24, 2.45) is 0 Å². The summed E-state index contributed by atoms with van der Waals surface area (Å²) in [5, 5.41) is 0. The van der Waals surface area contributed by atoms with Gasteiger partial charge in [0, 0.05) is 24.5 Å². The predicted molar refractivity (Wildman–Crippen MR) is 88.1 cm³/mol. The van der Waals surface area contributed by atoms with Gasteiger partial charge in [0.05, 0.1) is 25.8 Å². The van der Waals surface area contributed by atoms with Crippen LogP contribution in [-0.4, -0.2) is 36.6 Å². The fraction of sp³-hybridized carbons (Fsp3) is 0.389. The van der Waals surface area contributed by atoms with E-state index in [0.29, 0.717) is 0 Å². The second kappa shape index (κ2) is 6.36. The van der Waals surface area contributed by atoms with E-state index in [4.69, 9.17) is 9.47 Å². The number of aryl methyl sites for hydroxylation is 1. The van der Waals surface area contributed by atoms with Crippen molar-refractivity contribution in [2.45, 2.75) is 25.8 Å². The fourth-order valence-corrected chi connectivity index (χ4v) is 3.26. The maximum atomic E-state index is 12.9. The van der Waals surface area contributed by atoms with Crippen LogP contribution < -0.4 is 9.47 Å². The smallest absolute Gasteiger partial charge is 0.256 e. The van der Waals surface area contributed by atoms with Crippen LogP contribution in [0.3, 0.4) is 0 Å². The maximum absolute atomic E-state index is 12.9. The van der Waals surface area contributed by atoms with E-state index >= 15 is 0 Å². The van der Waals surface area contributed by atoms with Crippen LogP contribution in [0.25, 0.3) is 0 Å². The van der Waals surface area contributed by atoms with E-state index in [1.54, 1.807) is 20.4 Å². The lowest BCUT2D eigenvalue weighted by molar-refractivity contribution is 0.0733. The van der Waals surface area contributed by atoms with Gasteiger partial charge in [0.2, 0.25) is 0 Å². The number of hydrogen-bond donors (Lipinski definition) is 1. The first kappa shape index (κ1) is 15.5. The molecule has 0 bridgehead atoms. The zero-order valence-corrected chi connectivity index (χ0v) is 13.8. The minimum absolute atomic E-state index is 0.0156. The quantitative estimate of drug-likeness (QED) is 0.942. The van der Waals surface area contributed by atoms with Gasteiger partial charge < -0.3 is 19.4 Å². The number of benzene rings is 1. The van der Waals surface area contributed by atoms with Crippen molar-refractivity contribution in [3.8, 4) is 11.5 Å². The number of nitrogens with one attached hydrogen (secondary N) is 1. The van der Waals surface area contributed by atoms with Crippen LogP contribution in [-0.2, 0) is 0 Å². The topological polar surface area (TPSA) is 54.6 Å². The lowest BCUT2D eigenvalue weighted by Crippen LogP contribution is -2.31. The molecule has 5 heteroatoms. The van der Waals surface area contributed by atoms with Gasteiger partial charge in [0.1, 0.15) is 11.5 Å². The lowest BCUT2D eigenvalue weighted by Gasteiger charge is -2.26. The van der Waals surface area contributed by atoms with Gasteiger partial charge in [0.15, 0.2) is 0 Å². The average Bonchev–Trinajstić information content (AvgIpc) is 3.22. The van der Waals surface area contributed by atoms with Crippen LogP contribution >= 0.6 is 0 Å². The molecule has 3 rings (SSSR count). The molecule has 1 saturated heterocycles. The van der Waals surface area contributed by atoms with Crippen molar-refractivity contribution in [1.82, 2.24) is 9.88 Å². The highest BCUT2D eigenvalue weighted by molar-refractivity contribution is 5.96. The van der Waals surface area contributed by atoms with Crippen molar-refractivity contribution in [3.63, 3.8) is 0 Å². The van der Waals surface area contributed by atoms with Crippen LogP contribution in [0.15, 0.2) is 30.6 Å². The summed E-state index contributed by atoms with van der Waals surface area (Å²) in [4.78, 5) is 17.8. The normalized spacial score (nSPS) is 17.3. The molecular weight excluding hydrogens is 292 g/mol. The van der Waals surface area contributed by atoms with Gasteiger partial charge >= 0.3 is 0 Å². The van der Waals surface area contributed by atoms with Crippen molar-refractivity contribution < 1.29 is 14.3 Å². The van der Waals surface area contributed by atoms with Crippen LogP contribution in [0.1, 0.15) is 40.4 Å². The van der Waals surface area contributed by atoms with E-state index in [-0.39, 0.29) is 11.9 Å². The molecule has 0 saturated carbocycles. The third kappa shape index (κ3) is 2.79. The number of ether oxygens (including phenoxy) is 2. The van der Waals surface area contributed by atoms with Gasteiger partial charge in [-0.05, 0) is 43.5 Å².